The second-order valence-electron chi connectivity index (χ2n) is 10.3. The summed E-state index contributed by atoms with van der Waals surface area (Å²) in [6, 6.07) is 0. The van der Waals surface area contributed by atoms with Crippen LogP contribution in [0.25, 0.3) is 0 Å². The molecule has 0 aromatic carbocycles. The van der Waals surface area contributed by atoms with Crippen molar-refractivity contribution in [3.63, 3.8) is 0 Å². The fourth-order valence-electron chi connectivity index (χ4n) is 8.50. The van der Waals surface area contributed by atoms with Crippen LogP contribution in [0.2, 0.25) is 0 Å². The monoisotopic (exact) mass is 344 g/mol. The summed E-state index contributed by atoms with van der Waals surface area (Å²) in [6.07, 6.45) is 12.4. The van der Waals surface area contributed by atoms with Crippen molar-refractivity contribution in [3.8, 4) is 0 Å². The molecule has 1 unspecified atom stereocenters. The zero-order chi connectivity index (χ0) is 17.4. The van der Waals surface area contributed by atoms with Crippen molar-refractivity contribution in [1.82, 2.24) is 0 Å². The van der Waals surface area contributed by atoms with Crippen molar-refractivity contribution in [2.24, 2.45) is 34.0 Å². The molecule has 1 spiro atoms. The maximum absolute atomic E-state index is 11.2. The van der Waals surface area contributed by atoms with Gasteiger partial charge in [0.05, 0.1) is 11.5 Å². The highest BCUT2D eigenvalue weighted by atomic mass is 16.3. The van der Waals surface area contributed by atoms with Gasteiger partial charge in [-0.1, -0.05) is 19.9 Å². The molecular formula is C22H34NO2+. The summed E-state index contributed by atoms with van der Waals surface area (Å²) in [6.45, 7) is 8.93. The zero-order valence-electron chi connectivity index (χ0n) is 15.7. The maximum Gasteiger partial charge on any atom is 0.165 e. The van der Waals surface area contributed by atoms with Gasteiger partial charge in [0.2, 0.25) is 0 Å². The van der Waals surface area contributed by atoms with E-state index in [0.717, 1.165) is 24.6 Å². The van der Waals surface area contributed by atoms with E-state index < -0.39 is 0 Å². The molecule has 0 amide bonds. The van der Waals surface area contributed by atoms with Gasteiger partial charge in [-0.25, -0.2) is 4.58 Å². The van der Waals surface area contributed by atoms with Crippen LogP contribution in [-0.4, -0.2) is 46.8 Å². The minimum absolute atomic E-state index is 0.0826. The Hall–Kier alpha value is -0.670. The van der Waals surface area contributed by atoms with E-state index in [0.29, 0.717) is 17.3 Å². The van der Waals surface area contributed by atoms with Crippen molar-refractivity contribution < 1.29 is 14.8 Å². The molecule has 6 rings (SSSR count). The van der Waals surface area contributed by atoms with Crippen LogP contribution in [0.4, 0.5) is 0 Å². The average Bonchev–Trinajstić information content (AvgIpc) is 2.58. The van der Waals surface area contributed by atoms with Gasteiger partial charge < -0.3 is 10.2 Å². The number of β-amino-alcohol motifs (C(OH)–C–C–N with tert-alkyl or cyclic N) is 1. The first-order valence-corrected chi connectivity index (χ1v) is 10.5. The third-order valence-electron chi connectivity index (χ3n) is 9.36. The molecule has 3 nitrogen and oxygen atoms in total. The van der Waals surface area contributed by atoms with Crippen LogP contribution in [0.3, 0.4) is 0 Å². The summed E-state index contributed by atoms with van der Waals surface area (Å²) < 4.78 is 2.44. The van der Waals surface area contributed by atoms with E-state index in [-0.39, 0.29) is 23.5 Å². The van der Waals surface area contributed by atoms with E-state index in [1.807, 2.05) is 0 Å². The molecule has 1 heterocycles. The summed E-state index contributed by atoms with van der Waals surface area (Å²) in [5.41, 5.74) is 1.85. The van der Waals surface area contributed by atoms with Crippen LogP contribution in [0.15, 0.2) is 12.2 Å². The molecule has 3 heteroatoms. The van der Waals surface area contributed by atoms with Crippen LogP contribution in [0, 0.1) is 34.0 Å². The average molecular weight is 345 g/mol. The Balaban J connectivity index is 1.65. The largest absolute Gasteiger partial charge is 0.390 e. The lowest BCUT2D eigenvalue weighted by Crippen LogP contribution is -2.68. The fraction of sp³-hybridized carbons (Fsp3) is 0.864. The predicted molar refractivity (Wildman–Crippen MR) is 98.7 cm³/mol. The Kier molecular flexibility index (Phi) is 3.43. The predicted octanol–water partition coefficient (Wildman–Crippen LogP) is 3.00. The number of fused-ring (bicyclic) bond motifs is 2. The van der Waals surface area contributed by atoms with E-state index in [9.17, 15) is 10.2 Å². The van der Waals surface area contributed by atoms with Gasteiger partial charge in [-0.2, -0.15) is 0 Å². The molecule has 7 atom stereocenters. The molecule has 0 radical (unpaired) electrons. The molecule has 0 aromatic heterocycles. The highest BCUT2D eigenvalue weighted by Crippen LogP contribution is 2.72. The Labute approximate surface area is 151 Å². The lowest BCUT2D eigenvalue weighted by molar-refractivity contribution is -0.560. The summed E-state index contributed by atoms with van der Waals surface area (Å²) in [7, 11) is 0. The molecule has 138 valence electrons. The number of hydrogen-bond acceptors (Lipinski definition) is 2. The van der Waals surface area contributed by atoms with Gasteiger partial charge in [-0.15, -0.1) is 0 Å². The Morgan fingerprint density at radius 2 is 2.00 bits per heavy atom. The fourth-order valence-corrected chi connectivity index (χ4v) is 8.50. The van der Waals surface area contributed by atoms with E-state index in [1.54, 1.807) is 0 Å². The summed E-state index contributed by atoms with van der Waals surface area (Å²) in [5.74, 6) is 1.91. The minimum Gasteiger partial charge on any atom is -0.390 e. The van der Waals surface area contributed by atoms with E-state index in [4.69, 9.17) is 0 Å². The number of rotatable bonds is 2. The van der Waals surface area contributed by atoms with Gasteiger partial charge in [0, 0.05) is 10.8 Å². The number of aliphatic hydroxyl groups is 2. The van der Waals surface area contributed by atoms with Gasteiger partial charge in [0.15, 0.2) is 6.54 Å². The van der Waals surface area contributed by atoms with Crippen LogP contribution < -0.4 is 0 Å². The van der Waals surface area contributed by atoms with Crippen LogP contribution in [0.1, 0.15) is 58.3 Å². The molecular weight excluding hydrogens is 310 g/mol. The molecule has 25 heavy (non-hydrogen) atoms. The van der Waals surface area contributed by atoms with Crippen molar-refractivity contribution in [1.29, 1.82) is 0 Å². The summed E-state index contributed by atoms with van der Waals surface area (Å²) >= 11 is 0. The van der Waals surface area contributed by atoms with Gasteiger partial charge >= 0.3 is 0 Å². The van der Waals surface area contributed by atoms with E-state index in [1.165, 1.54) is 51.4 Å². The molecule has 6 aliphatic rings. The summed E-state index contributed by atoms with van der Waals surface area (Å²) in [5, 5.41) is 20.8. The number of hydrogen-bond donors (Lipinski definition) is 2. The molecule has 2 N–H and O–H groups in total. The van der Waals surface area contributed by atoms with E-state index in [2.05, 4.69) is 24.3 Å². The molecule has 5 fully saturated rings. The zero-order valence-corrected chi connectivity index (χ0v) is 15.7. The minimum atomic E-state index is -0.282. The van der Waals surface area contributed by atoms with E-state index >= 15 is 0 Å². The van der Waals surface area contributed by atoms with Crippen LogP contribution in [-0.2, 0) is 0 Å². The molecule has 4 bridgehead atoms. The molecule has 5 aliphatic carbocycles. The molecule has 0 aromatic rings. The van der Waals surface area contributed by atoms with Crippen molar-refractivity contribution in [2.75, 3.05) is 19.7 Å². The molecule has 0 saturated heterocycles. The number of nitrogens with zero attached hydrogens (tertiary/aromatic N) is 1. The smallest absolute Gasteiger partial charge is 0.165 e. The van der Waals surface area contributed by atoms with Crippen molar-refractivity contribution in [3.05, 3.63) is 12.2 Å². The quantitative estimate of drug-likeness (QED) is 0.597. The van der Waals surface area contributed by atoms with Gasteiger partial charge in [0.25, 0.3) is 0 Å². The second kappa shape index (κ2) is 5.19. The van der Waals surface area contributed by atoms with Crippen molar-refractivity contribution >= 4 is 6.21 Å². The Morgan fingerprint density at radius 1 is 1.20 bits per heavy atom. The third-order valence-corrected chi connectivity index (χ3v) is 9.36. The first kappa shape index (κ1) is 16.5. The van der Waals surface area contributed by atoms with Gasteiger partial charge in [-0.3, -0.25) is 0 Å². The number of aliphatic hydroxyl groups excluding tert-OH is 2. The first-order valence-electron chi connectivity index (χ1n) is 10.5. The standard InChI is InChI=1S/C22H34NO2/c1-15-16-4-8-21(19(15)25)9-5-17-20(2)6-3-7-22(17,18(21)12-16)14-23(13-20)10-11-24/h14,16-19,24-25H,1,3-13H2,2H3/q+1/t16?,17-,18-,19+,20+,21+,22+/m1/s1. The Bertz CT molecular complexity index is 642. The maximum atomic E-state index is 11.2. The molecule has 1 aliphatic heterocycles. The topological polar surface area (TPSA) is 43.5 Å². The Morgan fingerprint density at radius 3 is 2.80 bits per heavy atom. The first-order chi connectivity index (χ1) is 12.0. The highest BCUT2D eigenvalue weighted by Gasteiger charge is 2.70. The van der Waals surface area contributed by atoms with Gasteiger partial charge in [-0.05, 0) is 68.3 Å². The second-order valence-corrected chi connectivity index (χ2v) is 10.3. The summed E-state index contributed by atoms with van der Waals surface area (Å²) in [4.78, 5) is 0. The lowest BCUT2D eigenvalue weighted by atomic mass is 9.35. The van der Waals surface area contributed by atoms with Crippen LogP contribution in [0.5, 0.6) is 0 Å². The SMILES string of the molecule is C=C1C2CC[C@@]3(CC[C@@H]4[C@@]5(C)CCC[C@@]4(C=[N+](CCO)C5)[C@@H]3C2)[C@H]1O. The highest BCUT2D eigenvalue weighted by molar-refractivity contribution is 5.65. The van der Waals surface area contributed by atoms with Crippen molar-refractivity contribution in [2.45, 2.75) is 64.4 Å². The molecule has 5 saturated carbocycles. The third kappa shape index (κ3) is 1.92. The van der Waals surface area contributed by atoms with Gasteiger partial charge in [0.1, 0.15) is 19.4 Å². The lowest BCUT2D eigenvalue weighted by Gasteiger charge is -2.68. The normalized spacial score (nSPS) is 53.9. The van der Waals surface area contributed by atoms with Crippen LogP contribution >= 0.6 is 0 Å².